The van der Waals surface area contributed by atoms with Gasteiger partial charge in [-0.2, -0.15) is 0 Å². The number of terminal acetylenes is 1. The minimum Gasteiger partial charge on any atom is -0.507 e. The lowest BCUT2D eigenvalue weighted by molar-refractivity contribution is 0.102. The van der Waals surface area contributed by atoms with Gasteiger partial charge in [0.15, 0.2) is 0 Å². The SMILES string of the molecule is C#Cc1cccc(NC(=O)c2cc(I)ccc2O)c1. The van der Waals surface area contributed by atoms with Crippen LogP contribution in [0.1, 0.15) is 15.9 Å². The molecule has 2 N–H and O–H groups in total. The molecular formula is C15H10INO2. The van der Waals surface area contributed by atoms with Crippen LogP contribution in [0.15, 0.2) is 42.5 Å². The molecule has 0 aromatic heterocycles. The molecule has 3 nitrogen and oxygen atoms in total. The fraction of sp³-hybridized carbons (Fsp3) is 0. The van der Waals surface area contributed by atoms with Crippen LogP contribution in [0.4, 0.5) is 5.69 Å². The van der Waals surface area contributed by atoms with E-state index in [1.165, 1.54) is 6.07 Å². The van der Waals surface area contributed by atoms with Gasteiger partial charge < -0.3 is 10.4 Å². The molecule has 0 aliphatic carbocycles. The van der Waals surface area contributed by atoms with Gasteiger partial charge in [0.05, 0.1) is 5.56 Å². The Morgan fingerprint density at radius 3 is 2.79 bits per heavy atom. The summed E-state index contributed by atoms with van der Waals surface area (Å²) in [6, 6.07) is 11.8. The normalized spacial score (nSPS) is 9.68. The van der Waals surface area contributed by atoms with Crippen LogP contribution in [-0.4, -0.2) is 11.0 Å². The molecule has 0 radical (unpaired) electrons. The fourth-order valence-corrected chi connectivity index (χ4v) is 2.07. The maximum Gasteiger partial charge on any atom is 0.259 e. The molecule has 94 valence electrons. The average Bonchev–Trinajstić information content (AvgIpc) is 2.41. The van der Waals surface area contributed by atoms with Crippen molar-refractivity contribution >= 4 is 34.2 Å². The zero-order valence-electron chi connectivity index (χ0n) is 9.85. The van der Waals surface area contributed by atoms with Crippen LogP contribution >= 0.6 is 22.6 Å². The maximum absolute atomic E-state index is 12.1. The Bertz CT molecular complexity index is 674. The Hall–Kier alpha value is -2.00. The second-order valence-corrected chi connectivity index (χ2v) is 5.09. The topological polar surface area (TPSA) is 49.3 Å². The van der Waals surface area contributed by atoms with Crippen molar-refractivity contribution in [3.63, 3.8) is 0 Å². The molecule has 4 heteroatoms. The number of phenols is 1. The lowest BCUT2D eigenvalue weighted by Crippen LogP contribution is -2.12. The van der Waals surface area contributed by atoms with Crippen molar-refractivity contribution in [1.29, 1.82) is 0 Å². The third-order valence-corrected chi connectivity index (χ3v) is 3.16. The molecule has 1 amide bonds. The van der Waals surface area contributed by atoms with Crippen LogP contribution in [0.3, 0.4) is 0 Å². The molecule has 0 unspecified atom stereocenters. The van der Waals surface area contributed by atoms with E-state index in [-0.39, 0.29) is 17.2 Å². The van der Waals surface area contributed by atoms with Gasteiger partial charge in [-0.1, -0.05) is 12.0 Å². The Balaban J connectivity index is 2.26. The van der Waals surface area contributed by atoms with Gasteiger partial charge in [0.25, 0.3) is 5.91 Å². The molecular weight excluding hydrogens is 353 g/mol. The standard InChI is InChI=1S/C15H10INO2/c1-2-10-4-3-5-12(8-10)17-15(19)13-9-11(16)6-7-14(13)18/h1,3-9,18H,(H,17,19). The smallest absolute Gasteiger partial charge is 0.259 e. The monoisotopic (exact) mass is 363 g/mol. The summed E-state index contributed by atoms with van der Waals surface area (Å²) < 4.78 is 0.873. The van der Waals surface area contributed by atoms with Gasteiger partial charge in [-0.05, 0) is 59.0 Å². The van der Waals surface area contributed by atoms with Crippen LogP contribution in [0.5, 0.6) is 5.75 Å². The number of hydrogen-bond donors (Lipinski definition) is 2. The van der Waals surface area contributed by atoms with Gasteiger partial charge in [-0.3, -0.25) is 4.79 Å². The molecule has 19 heavy (non-hydrogen) atoms. The van der Waals surface area contributed by atoms with Crippen LogP contribution < -0.4 is 5.32 Å². The highest BCUT2D eigenvalue weighted by Crippen LogP contribution is 2.21. The first kappa shape index (κ1) is 13.4. The van der Waals surface area contributed by atoms with Crippen molar-refractivity contribution in [2.24, 2.45) is 0 Å². The van der Waals surface area contributed by atoms with Crippen LogP contribution in [-0.2, 0) is 0 Å². The van der Waals surface area contributed by atoms with E-state index in [0.29, 0.717) is 11.3 Å². The number of benzene rings is 2. The predicted octanol–water partition coefficient (Wildman–Crippen LogP) is 3.23. The second-order valence-electron chi connectivity index (χ2n) is 3.84. The zero-order valence-corrected chi connectivity index (χ0v) is 12.0. The van der Waals surface area contributed by atoms with Crippen LogP contribution in [0.25, 0.3) is 0 Å². The molecule has 0 bridgehead atoms. The fourth-order valence-electron chi connectivity index (χ4n) is 1.58. The van der Waals surface area contributed by atoms with Crippen LogP contribution in [0.2, 0.25) is 0 Å². The van der Waals surface area contributed by atoms with E-state index < -0.39 is 0 Å². The summed E-state index contributed by atoms with van der Waals surface area (Å²) in [6.45, 7) is 0. The van der Waals surface area contributed by atoms with Gasteiger partial charge >= 0.3 is 0 Å². The Morgan fingerprint density at radius 2 is 2.05 bits per heavy atom. The molecule has 0 aliphatic rings. The quantitative estimate of drug-likeness (QED) is 0.636. The summed E-state index contributed by atoms with van der Waals surface area (Å²) in [4.78, 5) is 12.1. The Labute approximate surface area is 124 Å². The van der Waals surface area contributed by atoms with Gasteiger partial charge in [-0.15, -0.1) is 6.42 Å². The largest absolute Gasteiger partial charge is 0.507 e. The number of anilines is 1. The summed E-state index contributed by atoms with van der Waals surface area (Å²) in [7, 11) is 0. The van der Waals surface area contributed by atoms with Crippen LogP contribution in [0, 0.1) is 15.9 Å². The second kappa shape index (κ2) is 5.76. The Kier molecular flexibility index (Phi) is 4.07. The first-order chi connectivity index (χ1) is 9.10. The highest BCUT2D eigenvalue weighted by atomic mass is 127. The summed E-state index contributed by atoms with van der Waals surface area (Å²) in [6.07, 6.45) is 5.30. The molecule has 0 fully saturated rings. The highest BCUT2D eigenvalue weighted by Gasteiger charge is 2.11. The summed E-state index contributed by atoms with van der Waals surface area (Å²) in [5.41, 5.74) is 1.52. The van der Waals surface area contributed by atoms with Crippen molar-refractivity contribution < 1.29 is 9.90 Å². The minimum atomic E-state index is -0.370. The number of hydrogen-bond acceptors (Lipinski definition) is 2. The highest BCUT2D eigenvalue weighted by molar-refractivity contribution is 14.1. The Morgan fingerprint density at radius 1 is 1.26 bits per heavy atom. The van der Waals surface area contributed by atoms with E-state index >= 15 is 0 Å². The molecule has 0 saturated carbocycles. The number of carbonyl (C=O) groups excluding carboxylic acids is 1. The van der Waals surface area contributed by atoms with E-state index in [2.05, 4.69) is 33.8 Å². The zero-order chi connectivity index (χ0) is 13.8. The van der Waals surface area contributed by atoms with E-state index in [0.717, 1.165) is 3.57 Å². The number of halogens is 1. The molecule has 0 heterocycles. The lowest BCUT2D eigenvalue weighted by Gasteiger charge is -2.07. The molecule has 0 saturated heterocycles. The summed E-state index contributed by atoms with van der Waals surface area (Å²) >= 11 is 2.08. The summed E-state index contributed by atoms with van der Waals surface area (Å²) in [5, 5.41) is 12.4. The van der Waals surface area contributed by atoms with E-state index in [4.69, 9.17) is 6.42 Å². The molecule has 0 atom stereocenters. The third kappa shape index (κ3) is 3.26. The van der Waals surface area contributed by atoms with Crippen molar-refractivity contribution in [1.82, 2.24) is 0 Å². The molecule has 2 aromatic carbocycles. The molecule has 2 aromatic rings. The number of nitrogens with one attached hydrogen (secondary N) is 1. The van der Waals surface area contributed by atoms with E-state index in [1.54, 1.807) is 36.4 Å². The maximum atomic E-state index is 12.1. The molecule has 0 spiro atoms. The van der Waals surface area contributed by atoms with Gasteiger partial charge in [0, 0.05) is 14.8 Å². The van der Waals surface area contributed by atoms with Gasteiger partial charge in [-0.25, -0.2) is 0 Å². The number of aromatic hydroxyl groups is 1. The van der Waals surface area contributed by atoms with Crippen molar-refractivity contribution in [2.75, 3.05) is 5.32 Å². The summed E-state index contributed by atoms with van der Waals surface area (Å²) in [5.74, 6) is 2.08. The number of rotatable bonds is 2. The van der Waals surface area contributed by atoms with Crippen molar-refractivity contribution in [3.05, 3.63) is 57.2 Å². The number of phenolic OH excluding ortho intramolecular Hbond substituents is 1. The third-order valence-electron chi connectivity index (χ3n) is 2.49. The van der Waals surface area contributed by atoms with Gasteiger partial charge in [0.1, 0.15) is 5.75 Å². The molecule has 0 aliphatic heterocycles. The number of carbonyl (C=O) groups is 1. The van der Waals surface area contributed by atoms with Gasteiger partial charge in [0.2, 0.25) is 0 Å². The first-order valence-corrected chi connectivity index (χ1v) is 6.54. The molecule has 2 rings (SSSR count). The van der Waals surface area contributed by atoms with E-state index in [9.17, 15) is 9.90 Å². The predicted molar refractivity (Wildman–Crippen MR) is 83.2 cm³/mol. The van der Waals surface area contributed by atoms with Crippen molar-refractivity contribution in [3.8, 4) is 18.1 Å². The minimum absolute atomic E-state index is 0.0500. The number of amides is 1. The van der Waals surface area contributed by atoms with Crippen molar-refractivity contribution in [2.45, 2.75) is 0 Å². The first-order valence-electron chi connectivity index (χ1n) is 5.46. The lowest BCUT2D eigenvalue weighted by atomic mass is 10.1. The average molecular weight is 363 g/mol. The van der Waals surface area contributed by atoms with E-state index in [1.807, 2.05) is 0 Å².